The molecule has 0 aromatic carbocycles. The molecule has 0 aliphatic heterocycles. The number of aryl methyl sites for hydroxylation is 1. The first kappa shape index (κ1) is 14.4. The molecule has 0 saturated heterocycles. The van der Waals surface area contributed by atoms with Gasteiger partial charge in [0.25, 0.3) is 0 Å². The van der Waals surface area contributed by atoms with Gasteiger partial charge >= 0.3 is 12.1 Å². The zero-order valence-corrected chi connectivity index (χ0v) is 12.0. The minimum atomic E-state index is -0.415. The van der Waals surface area contributed by atoms with Crippen LogP contribution in [-0.2, 0) is 6.42 Å². The van der Waals surface area contributed by atoms with Crippen molar-refractivity contribution >= 4 is 23.4 Å². The SMILES string of the molecule is CCc1nn(C(=O)N(C)C)c(=NC(=O)N(C)C)s1. The Morgan fingerprint density at radius 3 is 2.33 bits per heavy atom. The first-order chi connectivity index (χ1) is 8.36. The molecule has 0 fully saturated rings. The van der Waals surface area contributed by atoms with Crippen LogP contribution in [0.25, 0.3) is 0 Å². The largest absolute Gasteiger partial charge is 0.346 e. The second-order valence-corrected chi connectivity index (χ2v) is 5.05. The Balaban J connectivity index is 3.30. The summed E-state index contributed by atoms with van der Waals surface area (Å²) in [6, 6.07) is -0.738. The minimum absolute atomic E-state index is 0.296. The molecule has 0 spiro atoms. The predicted molar refractivity (Wildman–Crippen MR) is 68.6 cm³/mol. The van der Waals surface area contributed by atoms with Gasteiger partial charge in [0.05, 0.1) is 0 Å². The Morgan fingerprint density at radius 1 is 1.28 bits per heavy atom. The van der Waals surface area contributed by atoms with Crippen LogP contribution < -0.4 is 4.80 Å². The van der Waals surface area contributed by atoms with Crippen molar-refractivity contribution in [1.82, 2.24) is 19.6 Å². The smallest absolute Gasteiger partial charge is 0.329 e. The summed E-state index contributed by atoms with van der Waals surface area (Å²) in [4.78, 5) is 30.4. The molecular weight excluding hydrogens is 254 g/mol. The first-order valence-corrected chi connectivity index (χ1v) is 6.25. The van der Waals surface area contributed by atoms with Gasteiger partial charge in [-0.2, -0.15) is 14.8 Å². The van der Waals surface area contributed by atoms with Crippen LogP contribution in [0.1, 0.15) is 11.9 Å². The number of aromatic nitrogens is 2. The highest BCUT2D eigenvalue weighted by Gasteiger charge is 2.14. The van der Waals surface area contributed by atoms with Crippen LogP contribution in [-0.4, -0.2) is 59.8 Å². The molecule has 8 heteroatoms. The van der Waals surface area contributed by atoms with Gasteiger partial charge in [-0.1, -0.05) is 18.3 Å². The molecule has 0 N–H and O–H groups in total. The minimum Gasteiger partial charge on any atom is -0.329 e. The van der Waals surface area contributed by atoms with Crippen LogP contribution in [0.4, 0.5) is 9.59 Å². The number of rotatable bonds is 1. The molecule has 1 aromatic rings. The summed E-state index contributed by atoms with van der Waals surface area (Å²) in [6.45, 7) is 1.93. The highest BCUT2D eigenvalue weighted by molar-refractivity contribution is 7.08. The molecule has 3 amide bonds. The normalized spacial score (nSPS) is 11.5. The summed E-state index contributed by atoms with van der Waals surface area (Å²) in [5, 5.41) is 4.90. The Bertz CT molecular complexity index is 515. The molecule has 1 heterocycles. The fraction of sp³-hybridized carbons (Fsp3) is 0.600. The molecule has 1 rings (SSSR count). The van der Waals surface area contributed by atoms with E-state index in [1.165, 1.54) is 21.1 Å². The molecule has 7 nitrogen and oxygen atoms in total. The second-order valence-electron chi connectivity index (χ2n) is 4.01. The summed E-state index contributed by atoms with van der Waals surface area (Å²) in [7, 11) is 6.45. The molecule has 0 saturated carbocycles. The Labute approximate surface area is 109 Å². The highest BCUT2D eigenvalue weighted by atomic mass is 32.1. The summed E-state index contributed by atoms with van der Waals surface area (Å²) in [5.41, 5.74) is 0. The standard InChI is InChI=1S/C10H17N5O2S/c1-6-7-12-15(10(17)14(4)5)9(18-7)11-8(16)13(2)3/h6H2,1-5H3. The fourth-order valence-corrected chi connectivity index (χ4v) is 1.84. The van der Waals surface area contributed by atoms with Crippen molar-refractivity contribution in [2.45, 2.75) is 13.3 Å². The van der Waals surface area contributed by atoms with E-state index in [0.29, 0.717) is 11.2 Å². The number of carbonyl (C=O) groups is 2. The lowest BCUT2D eigenvalue weighted by molar-refractivity contribution is 0.214. The van der Waals surface area contributed by atoms with Gasteiger partial charge in [0.15, 0.2) is 0 Å². The van der Waals surface area contributed by atoms with Crippen LogP contribution in [0.2, 0.25) is 0 Å². The van der Waals surface area contributed by atoms with Gasteiger partial charge in [-0.15, -0.1) is 0 Å². The zero-order valence-electron chi connectivity index (χ0n) is 11.2. The number of amides is 3. The van der Waals surface area contributed by atoms with Crippen molar-refractivity contribution in [2.75, 3.05) is 28.2 Å². The van der Waals surface area contributed by atoms with Crippen LogP contribution in [0, 0.1) is 0 Å². The quantitative estimate of drug-likeness (QED) is 0.751. The first-order valence-electron chi connectivity index (χ1n) is 5.43. The summed E-state index contributed by atoms with van der Waals surface area (Å²) >= 11 is 1.24. The maximum absolute atomic E-state index is 11.9. The molecule has 1 aromatic heterocycles. The van der Waals surface area contributed by atoms with E-state index < -0.39 is 6.03 Å². The van der Waals surface area contributed by atoms with E-state index in [1.54, 1.807) is 28.2 Å². The number of carbonyl (C=O) groups excluding carboxylic acids is 2. The van der Waals surface area contributed by atoms with Crippen molar-refractivity contribution in [3.05, 3.63) is 9.81 Å². The van der Waals surface area contributed by atoms with Gasteiger partial charge < -0.3 is 9.80 Å². The van der Waals surface area contributed by atoms with Crippen LogP contribution in [0.3, 0.4) is 0 Å². The second kappa shape index (κ2) is 5.76. The van der Waals surface area contributed by atoms with Crippen molar-refractivity contribution in [3.8, 4) is 0 Å². The van der Waals surface area contributed by atoms with Gasteiger partial charge in [-0.25, -0.2) is 9.59 Å². The topological polar surface area (TPSA) is 70.8 Å². The summed E-state index contributed by atoms with van der Waals surface area (Å²) < 4.78 is 1.16. The van der Waals surface area contributed by atoms with Gasteiger partial charge in [-0.3, -0.25) is 0 Å². The van der Waals surface area contributed by atoms with Crippen LogP contribution >= 0.6 is 11.3 Å². The van der Waals surface area contributed by atoms with Crippen molar-refractivity contribution in [1.29, 1.82) is 0 Å². The fourth-order valence-electron chi connectivity index (χ4n) is 1.03. The monoisotopic (exact) mass is 271 g/mol. The van der Waals surface area contributed by atoms with Gasteiger partial charge in [0.1, 0.15) is 5.01 Å². The number of nitrogens with zero attached hydrogens (tertiary/aromatic N) is 5. The van der Waals surface area contributed by atoms with E-state index in [1.807, 2.05) is 6.92 Å². The Morgan fingerprint density at radius 2 is 1.89 bits per heavy atom. The van der Waals surface area contributed by atoms with Crippen molar-refractivity contribution in [3.63, 3.8) is 0 Å². The highest BCUT2D eigenvalue weighted by Crippen LogP contribution is 2.01. The summed E-state index contributed by atoms with van der Waals surface area (Å²) in [5.74, 6) is 0. The average molecular weight is 271 g/mol. The average Bonchev–Trinajstić information content (AvgIpc) is 2.70. The molecule has 0 unspecified atom stereocenters. The molecule has 0 aliphatic rings. The lowest BCUT2D eigenvalue weighted by Gasteiger charge is -2.09. The maximum Gasteiger partial charge on any atom is 0.346 e. The number of hydrogen-bond donors (Lipinski definition) is 0. The van der Waals surface area contributed by atoms with E-state index in [-0.39, 0.29) is 6.03 Å². The molecule has 0 radical (unpaired) electrons. The zero-order chi connectivity index (χ0) is 13.9. The van der Waals surface area contributed by atoms with Crippen molar-refractivity contribution in [2.24, 2.45) is 4.99 Å². The van der Waals surface area contributed by atoms with E-state index in [4.69, 9.17) is 0 Å². The molecule has 18 heavy (non-hydrogen) atoms. The van der Waals surface area contributed by atoms with E-state index in [2.05, 4.69) is 10.1 Å². The van der Waals surface area contributed by atoms with E-state index >= 15 is 0 Å². The van der Waals surface area contributed by atoms with Crippen molar-refractivity contribution < 1.29 is 9.59 Å². The van der Waals surface area contributed by atoms with Crippen LogP contribution in [0.5, 0.6) is 0 Å². The molecule has 0 aliphatic carbocycles. The maximum atomic E-state index is 11.9. The van der Waals surface area contributed by atoms with Crippen LogP contribution in [0.15, 0.2) is 4.99 Å². The van der Waals surface area contributed by atoms with E-state index in [9.17, 15) is 9.59 Å². The Kier molecular flexibility index (Phi) is 4.60. The third kappa shape index (κ3) is 3.16. The lowest BCUT2D eigenvalue weighted by Crippen LogP contribution is -2.35. The number of urea groups is 1. The van der Waals surface area contributed by atoms with Gasteiger partial charge in [0, 0.05) is 28.2 Å². The Hall–Kier alpha value is -1.70. The predicted octanol–water partition coefficient (Wildman–Crippen LogP) is 0.619. The molecule has 0 atom stereocenters. The van der Waals surface area contributed by atoms with Gasteiger partial charge in [-0.05, 0) is 6.42 Å². The molecule has 0 bridgehead atoms. The number of hydrogen-bond acceptors (Lipinski definition) is 4. The lowest BCUT2D eigenvalue weighted by atomic mass is 10.5. The molecular formula is C10H17N5O2S. The summed E-state index contributed by atoms with van der Waals surface area (Å²) in [6.07, 6.45) is 0.692. The third-order valence-corrected chi connectivity index (χ3v) is 3.09. The third-order valence-electron chi connectivity index (χ3n) is 2.04. The van der Waals surface area contributed by atoms with E-state index in [0.717, 1.165) is 9.69 Å². The van der Waals surface area contributed by atoms with Gasteiger partial charge in [0.2, 0.25) is 4.80 Å². The molecule has 100 valence electrons.